The fourth-order valence-corrected chi connectivity index (χ4v) is 2.47. The number of hydrogen-bond donors (Lipinski definition) is 2. The van der Waals surface area contributed by atoms with Gasteiger partial charge >= 0.3 is 5.97 Å². The van der Waals surface area contributed by atoms with Crippen LogP contribution in [0.25, 0.3) is 0 Å². The van der Waals surface area contributed by atoms with E-state index in [-0.39, 0.29) is 11.6 Å². The molecule has 0 bridgehead atoms. The van der Waals surface area contributed by atoms with Crippen molar-refractivity contribution in [2.24, 2.45) is 0 Å². The molecule has 0 aliphatic heterocycles. The second-order valence-corrected chi connectivity index (χ2v) is 5.92. The molecule has 2 aromatic heterocycles. The number of benzene rings is 1. The number of aryl methyl sites for hydroxylation is 1. The van der Waals surface area contributed by atoms with Crippen molar-refractivity contribution >= 4 is 23.4 Å². The van der Waals surface area contributed by atoms with Crippen LogP contribution >= 0.6 is 0 Å². The van der Waals surface area contributed by atoms with E-state index >= 15 is 0 Å². The van der Waals surface area contributed by atoms with Gasteiger partial charge in [0.1, 0.15) is 17.3 Å². The average molecular weight is 377 g/mol. The summed E-state index contributed by atoms with van der Waals surface area (Å²) >= 11 is 0. The van der Waals surface area contributed by atoms with Crippen LogP contribution in [0.1, 0.15) is 32.2 Å². The minimum atomic E-state index is -0.436. The van der Waals surface area contributed by atoms with Crippen LogP contribution in [0.3, 0.4) is 0 Å². The van der Waals surface area contributed by atoms with Crippen molar-refractivity contribution < 1.29 is 14.3 Å². The Morgan fingerprint density at radius 3 is 2.57 bits per heavy atom. The third kappa shape index (κ3) is 4.88. The highest BCUT2D eigenvalue weighted by Crippen LogP contribution is 2.14. The maximum atomic E-state index is 12.5. The molecule has 0 aliphatic rings. The van der Waals surface area contributed by atoms with Crippen molar-refractivity contribution in [2.75, 3.05) is 17.7 Å². The molecule has 0 fully saturated rings. The number of aromatic nitrogens is 3. The number of anilines is 2. The molecule has 0 saturated heterocycles. The summed E-state index contributed by atoms with van der Waals surface area (Å²) in [5.41, 5.74) is 2.17. The lowest BCUT2D eigenvalue weighted by Crippen LogP contribution is -2.16. The first-order valence-electron chi connectivity index (χ1n) is 8.53. The maximum absolute atomic E-state index is 12.5. The molecule has 1 amide bonds. The minimum absolute atomic E-state index is 0.234. The van der Waals surface area contributed by atoms with E-state index in [1.54, 1.807) is 49.6 Å². The third-order valence-corrected chi connectivity index (χ3v) is 3.83. The number of rotatable bonds is 6. The summed E-state index contributed by atoms with van der Waals surface area (Å²) in [7, 11) is 1.31. The highest BCUT2D eigenvalue weighted by molar-refractivity contribution is 6.03. The molecule has 0 atom stereocenters. The zero-order valence-electron chi connectivity index (χ0n) is 15.5. The van der Waals surface area contributed by atoms with Gasteiger partial charge in [0, 0.05) is 30.7 Å². The molecule has 28 heavy (non-hydrogen) atoms. The van der Waals surface area contributed by atoms with Crippen molar-refractivity contribution in [1.82, 2.24) is 15.0 Å². The van der Waals surface area contributed by atoms with Gasteiger partial charge in [0.25, 0.3) is 5.91 Å². The maximum Gasteiger partial charge on any atom is 0.337 e. The Hall–Kier alpha value is -3.81. The molecule has 0 radical (unpaired) electrons. The lowest BCUT2D eigenvalue weighted by molar-refractivity contribution is 0.0600. The number of carbonyl (C=O) groups excluding carboxylic acids is 2. The van der Waals surface area contributed by atoms with Gasteiger partial charge in [0.15, 0.2) is 0 Å². The standard InChI is InChI=1S/C20H19N5O3/c1-13-23-17(10-18(24-13)22-12-14-4-3-9-21-11-14)19(26)25-16-7-5-15(6-8-16)20(27)28-2/h3-11H,12H2,1-2H3,(H,25,26)(H,22,23,24). The van der Waals surface area contributed by atoms with Crippen LogP contribution in [0, 0.1) is 6.92 Å². The quantitative estimate of drug-likeness (QED) is 0.636. The monoisotopic (exact) mass is 377 g/mol. The number of nitrogens with one attached hydrogen (secondary N) is 2. The van der Waals surface area contributed by atoms with Crippen molar-refractivity contribution in [3.05, 3.63) is 77.5 Å². The lowest BCUT2D eigenvalue weighted by Gasteiger charge is -2.09. The highest BCUT2D eigenvalue weighted by atomic mass is 16.5. The van der Waals surface area contributed by atoms with E-state index in [9.17, 15) is 9.59 Å². The molecule has 3 aromatic rings. The first-order valence-corrected chi connectivity index (χ1v) is 8.53. The first kappa shape index (κ1) is 19.0. The highest BCUT2D eigenvalue weighted by Gasteiger charge is 2.12. The summed E-state index contributed by atoms with van der Waals surface area (Å²) in [6, 6.07) is 11.8. The zero-order chi connectivity index (χ0) is 19.9. The number of amides is 1. The number of pyridine rings is 1. The van der Waals surface area contributed by atoms with Gasteiger partial charge < -0.3 is 15.4 Å². The Balaban J connectivity index is 1.69. The third-order valence-electron chi connectivity index (χ3n) is 3.83. The molecule has 1 aromatic carbocycles. The molecular formula is C20H19N5O3. The normalized spacial score (nSPS) is 10.2. The van der Waals surface area contributed by atoms with E-state index in [1.165, 1.54) is 7.11 Å². The first-order chi connectivity index (χ1) is 13.5. The largest absolute Gasteiger partial charge is 0.465 e. The number of methoxy groups -OCH3 is 1. The summed E-state index contributed by atoms with van der Waals surface area (Å²) < 4.78 is 4.65. The summed E-state index contributed by atoms with van der Waals surface area (Å²) in [6.45, 7) is 2.25. The Morgan fingerprint density at radius 1 is 1.11 bits per heavy atom. The van der Waals surface area contributed by atoms with Crippen LogP contribution < -0.4 is 10.6 Å². The number of nitrogens with zero attached hydrogens (tertiary/aromatic N) is 3. The van der Waals surface area contributed by atoms with Gasteiger partial charge in [0.2, 0.25) is 0 Å². The molecule has 3 rings (SSSR count). The van der Waals surface area contributed by atoms with Crippen molar-refractivity contribution in [1.29, 1.82) is 0 Å². The van der Waals surface area contributed by atoms with E-state index in [1.807, 2.05) is 12.1 Å². The summed E-state index contributed by atoms with van der Waals surface area (Å²) in [5.74, 6) is 0.208. The smallest absolute Gasteiger partial charge is 0.337 e. The van der Waals surface area contributed by atoms with Gasteiger partial charge in [0.05, 0.1) is 12.7 Å². The van der Waals surface area contributed by atoms with Crippen LogP contribution in [0.4, 0.5) is 11.5 Å². The summed E-state index contributed by atoms with van der Waals surface area (Å²) in [4.78, 5) is 36.6. The van der Waals surface area contributed by atoms with Crippen molar-refractivity contribution in [2.45, 2.75) is 13.5 Å². The Bertz CT molecular complexity index is 975. The van der Waals surface area contributed by atoms with Gasteiger partial charge in [-0.2, -0.15) is 0 Å². The van der Waals surface area contributed by atoms with Crippen LogP contribution in [-0.2, 0) is 11.3 Å². The average Bonchev–Trinajstić information content (AvgIpc) is 2.72. The van der Waals surface area contributed by atoms with E-state index in [4.69, 9.17) is 0 Å². The van der Waals surface area contributed by atoms with Crippen LogP contribution in [-0.4, -0.2) is 33.9 Å². The van der Waals surface area contributed by atoms with Gasteiger partial charge in [-0.1, -0.05) is 6.07 Å². The zero-order valence-corrected chi connectivity index (χ0v) is 15.5. The number of ether oxygens (including phenoxy) is 1. The van der Waals surface area contributed by atoms with Gasteiger partial charge in [-0.3, -0.25) is 9.78 Å². The van der Waals surface area contributed by atoms with Crippen LogP contribution in [0.15, 0.2) is 54.9 Å². The second kappa shape index (κ2) is 8.72. The summed E-state index contributed by atoms with van der Waals surface area (Å²) in [5, 5.41) is 5.92. The minimum Gasteiger partial charge on any atom is -0.465 e. The number of carbonyl (C=O) groups is 2. The number of esters is 1. The predicted molar refractivity (Wildman–Crippen MR) is 104 cm³/mol. The fraction of sp³-hybridized carbons (Fsp3) is 0.150. The lowest BCUT2D eigenvalue weighted by atomic mass is 10.2. The molecule has 8 nitrogen and oxygen atoms in total. The molecule has 2 heterocycles. The van der Waals surface area contributed by atoms with E-state index in [0.29, 0.717) is 29.4 Å². The van der Waals surface area contributed by atoms with Crippen LogP contribution in [0.5, 0.6) is 0 Å². The van der Waals surface area contributed by atoms with E-state index in [0.717, 1.165) is 5.56 Å². The van der Waals surface area contributed by atoms with Gasteiger partial charge in [-0.25, -0.2) is 14.8 Å². The van der Waals surface area contributed by atoms with E-state index < -0.39 is 5.97 Å². The molecule has 0 saturated carbocycles. The van der Waals surface area contributed by atoms with Gasteiger partial charge in [-0.15, -0.1) is 0 Å². The molecular weight excluding hydrogens is 358 g/mol. The summed E-state index contributed by atoms with van der Waals surface area (Å²) in [6.07, 6.45) is 3.46. The molecule has 2 N–H and O–H groups in total. The van der Waals surface area contributed by atoms with Gasteiger partial charge in [-0.05, 0) is 42.8 Å². The Kier molecular flexibility index (Phi) is 5.91. The second-order valence-electron chi connectivity index (χ2n) is 5.92. The Labute approximate surface area is 162 Å². The number of hydrogen-bond acceptors (Lipinski definition) is 7. The molecule has 0 spiro atoms. The molecule has 0 unspecified atom stereocenters. The fourth-order valence-electron chi connectivity index (χ4n) is 2.47. The van der Waals surface area contributed by atoms with Crippen molar-refractivity contribution in [3.8, 4) is 0 Å². The SMILES string of the molecule is COC(=O)c1ccc(NC(=O)c2cc(NCc3cccnc3)nc(C)n2)cc1. The topological polar surface area (TPSA) is 106 Å². The Morgan fingerprint density at radius 2 is 1.89 bits per heavy atom. The molecule has 142 valence electrons. The predicted octanol–water partition coefficient (Wildman–Crippen LogP) is 2.83. The molecule has 0 aliphatic carbocycles. The van der Waals surface area contributed by atoms with Crippen LogP contribution in [0.2, 0.25) is 0 Å². The molecule has 8 heteroatoms. The van der Waals surface area contributed by atoms with Crippen molar-refractivity contribution in [3.63, 3.8) is 0 Å². The van der Waals surface area contributed by atoms with E-state index in [2.05, 4.69) is 30.3 Å².